The van der Waals surface area contributed by atoms with E-state index in [0.717, 1.165) is 49.5 Å². The molecule has 1 aliphatic rings. The van der Waals surface area contributed by atoms with Gasteiger partial charge >= 0.3 is 0 Å². The number of aromatic amines is 1. The molecule has 5 aromatic rings. The summed E-state index contributed by atoms with van der Waals surface area (Å²) < 4.78 is 17.5. The molecule has 2 N–H and O–H groups in total. The van der Waals surface area contributed by atoms with Crippen molar-refractivity contribution >= 4 is 23.7 Å². The maximum absolute atomic E-state index is 13.2. The molecule has 2 heterocycles. The van der Waals surface area contributed by atoms with Gasteiger partial charge in [-0.25, -0.2) is 0 Å². The summed E-state index contributed by atoms with van der Waals surface area (Å²) in [4.78, 5) is 44.5. The summed E-state index contributed by atoms with van der Waals surface area (Å²) in [6, 6.07) is 26.2. The van der Waals surface area contributed by atoms with Gasteiger partial charge in [0, 0.05) is 37.9 Å². The van der Waals surface area contributed by atoms with E-state index < -0.39 is 5.56 Å². The molecule has 10 heteroatoms. The van der Waals surface area contributed by atoms with E-state index in [-0.39, 0.29) is 22.2 Å². The van der Waals surface area contributed by atoms with Crippen molar-refractivity contribution in [3.8, 4) is 17.2 Å². The molecule has 0 fully saturated rings. The van der Waals surface area contributed by atoms with Crippen LogP contribution in [-0.4, -0.2) is 54.8 Å². The molecule has 0 spiro atoms. The highest BCUT2D eigenvalue weighted by Crippen LogP contribution is 2.33. The Balaban J connectivity index is 1.10. The quantitative estimate of drug-likeness (QED) is 0.233. The van der Waals surface area contributed by atoms with Crippen molar-refractivity contribution in [2.75, 3.05) is 39.7 Å². The van der Waals surface area contributed by atoms with E-state index in [4.69, 9.17) is 14.2 Å². The highest BCUT2D eigenvalue weighted by atomic mass is 16.5. The van der Waals surface area contributed by atoms with Crippen LogP contribution >= 0.6 is 0 Å². The molecule has 0 bridgehead atoms. The number of benzene rings is 4. The number of aromatic nitrogens is 2. The van der Waals surface area contributed by atoms with Gasteiger partial charge in [0.05, 0.1) is 21.3 Å². The Kier molecular flexibility index (Phi) is 10.3. The molecule has 1 aliphatic heterocycles. The highest BCUT2D eigenvalue weighted by molar-refractivity contribution is 6.04. The minimum atomic E-state index is -0.415. The second-order valence-corrected chi connectivity index (χ2v) is 12.2. The van der Waals surface area contributed by atoms with Gasteiger partial charge in [-0.05, 0) is 101 Å². The van der Waals surface area contributed by atoms with Gasteiger partial charge in [0.2, 0.25) is 0 Å². The van der Waals surface area contributed by atoms with Crippen LogP contribution in [0.1, 0.15) is 38.2 Å². The van der Waals surface area contributed by atoms with Gasteiger partial charge in [-0.15, -0.1) is 0 Å². The van der Waals surface area contributed by atoms with Crippen LogP contribution in [0.4, 0.5) is 5.69 Å². The van der Waals surface area contributed by atoms with Crippen molar-refractivity contribution < 1.29 is 19.0 Å². The van der Waals surface area contributed by atoms with E-state index >= 15 is 0 Å². The van der Waals surface area contributed by atoms with Crippen LogP contribution in [0.25, 0.3) is 12.2 Å². The lowest BCUT2D eigenvalue weighted by Crippen LogP contribution is -2.52. The molecule has 50 heavy (non-hydrogen) atoms. The molecule has 10 nitrogen and oxygen atoms in total. The number of hydrogen-bond acceptors (Lipinski definition) is 7. The van der Waals surface area contributed by atoms with Crippen LogP contribution in [-0.2, 0) is 26.4 Å². The number of hydrogen-bond donors (Lipinski definition) is 2. The first kappa shape index (κ1) is 34.0. The van der Waals surface area contributed by atoms with Crippen LogP contribution in [0.5, 0.6) is 17.2 Å². The van der Waals surface area contributed by atoms with Crippen molar-refractivity contribution in [3.63, 3.8) is 0 Å². The largest absolute Gasteiger partial charge is 0.497 e. The monoisotopic (exact) mass is 672 g/mol. The number of H-pyrrole nitrogens is 1. The van der Waals surface area contributed by atoms with Gasteiger partial charge in [0.15, 0.2) is 11.5 Å². The number of carbonyl (C=O) groups is 1. The van der Waals surface area contributed by atoms with Crippen LogP contribution in [0.3, 0.4) is 0 Å². The maximum Gasteiger partial charge on any atom is 0.274 e. The second-order valence-electron chi connectivity index (χ2n) is 12.2. The first-order valence-corrected chi connectivity index (χ1v) is 16.4. The number of rotatable bonds is 10. The average molecular weight is 673 g/mol. The normalized spacial score (nSPS) is 13.5. The first-order chi connectivity index (χ1) is 24.2. The molecule has 0 atom stereocenters. The van der Waals surface area contributed by atoms with E-state index in [1.54, 1.807) is 76.9 Å². The van der Waals surface area contributed by atoms with E-state index in [1.165, 1.54) is 21.3 Å². The lowest BCUT2D eigenvalue weighted by molar-refractivity contribution is 0.102. The molecule has 0 saturated heterocycles. The van der Waals surface area contributed by atoms with Crippen molar-refractivity contribution in [3.05, 3.63) is 150 Å². The summed E-state index contributed by atoms with van der Waals surface area (Å²) in [5.41, 5.74) is 5.39. The van der Waals surface area contributed by atoms with Gasteiger partial charge < -0.3 is 29.1 Å². The number of ether oxygens (including phenoxy) is 3. The molecule has 6 rings (SSSR count). The fraction of sp³-hybridized carbons (Fsp3) is 0.225. The molecule has 256 valence electrons. The summed E-state index contributed by atoms with van der Waals surface area (Å²) in [6.45, 7) is 2.76. The van der Waals surface area contributed by atoms with Crippen LogP contribution in [0.15, 0.2) is 94.5 Å². The van der Waals surface area contributed by atoms with Crippen molar-refractivity contribution in [1.29, 1.82) is 0 Å². The Hall–Kier alpha value is -5.87. The number of fused-ring (bicyclic) bond motifs is 1. The van der Waals surface area contributed by atoms with E-state index in [9.17, 15) is 14.4 Å². The third-order valence-corrected chi connectivity index (χ3v) is 8.96. The van der Waals surface area contributed by atoms with Crippen molar-refractivity contribution in [1.82, 2.24) is 14.5 Å². The van der Waals surface area contributed by atoms with Gasteiger partial charge in [-0.2, -0.15) is 0 Å². The second kappa shape index (κ2) is 15.1. The maximum atomic E-state index is 13.2. The minimum Gasteiger partial charge on any atom is -0.497 e. The van der Waals surface area contributed by atoms with Crippen LogP contribution < -0.4 is 41.3 Å². The molecular formula is C40H40N4O6. The predicted octanol–water partition coefficient (Wildman–Crippen LogP) is 3.61. The summed E-state index contributed by atoms with van der Waals surface area (Å²) in [5.74, 6) is 1.88. The number of carbonyl (C=O) groups excluding carboxylic acids is 1. The predicted molar refractivity (Wildman–Crippen MR) is 195 cm³/mol. The Morgan fingerprint density at radius 1 is 0.840 bits per heavy atom. The third kappa shape index (κ3) is 7.71. The SMILES string of the molecule is COc1cccc(/C=c2/c(=O)[nH]/c(=C\c3cccc(C(=O)Nc4ccc(CCN5CCc6cc(OC)c(OC)cc6C5)cc4)c3)c(=O)n2C)c1. The van der Waals surface area contributed by atoms with E-state index in [1.807, 2.05) is 36.4 Å². The van der Waals surface area contributed by atoms with Gasteiger partial charge in [-0.1, -0.05) is 36.4 Å². The minimum absolute atomic E-state index is 0.113. The Morgan fingerprint density at radius 3 is 2.26 bits per heavy atom. The zero-order valence-corrected chi connectivity index (χ0v) is 28.6. The Labute approximate surface area is 289 Å². The topological polar surface area (TPSA) is 115 Å². The molecule has 4 aromatic carbocycles. The van der Waals surface area contributed by atoms with Crippen molar-refractivity contribution in [2.24, 2.45) is 7.05 Å². The number of methoxy groups -OCH3 is 3. The van der Waals surface area contributed by atoms with Crippen molar-refractivity contribution in [2.45, 2.75) is 19.4 Å². The zero-order valence-electron chi connectivity index (χ0n) is 28.6. The number of amides is 1. The first-order valence-electron chi connectivity index (χ1n) is 16.4. The molecule has 0 saturated carbocycles. The number of nitrogens with zero attached hydrogens (tertiary/aromatic N) is 2. The highest BCUT2D eigenvalue weighted by Gasteiger charge is 2.19. The molecular weight excluding hydrogens is 632 g/mol. The lowest BCUT2D eigenvalue weighted by Gasteiger charge is -2.29. The standard InChI is InChI=1S/C40H40N4O6/c1-43-35(22-28-8-6-10-33(20-28)48-2)39(46)42-34(40(43)47)21-27-7-5-9-30(19-27)38(45)41-32-13-11-26(12-14-32)15-17-44-18-16-29-23-36(49-3)37(50-4)24-31(29)25-44/h5-14,19-24H,15-18,25H2,1-4H3,(H,41,45)(H,42,46)/b34-21-,35-22-. The number of anilines is 1. The molecule has 0 radical (unpaired) electrons. The molecule has 0 unspecified atom stereocenters. The third-order valence-electron chi connectivity index (χ3n) is 8.96. The van der Waals surface area contributed by atoms with E-state index in [0.29, 0.717) is 22.6 Å². The Bertz CT molecular complexity index is 2270. The molecule has 1 amide bonds. The van der Waals surface area contributed by atoms with Crippen LogP contribution in [0.2, 0.25) is 0 Å². The molecule has 1 aromatic heterocycles. The fourth-order valence-corrected chi connectivity index (χ4v) is 6.15. The van der Waals surface area contributed by atoms with Gasteiger partial charge in [-0.3, -0.25) is 19.3 Å². The summed E-state index contributed by atoms with van der Waals surface area (Å²) in [7, 11) is 6.44. The van der Waals surface area contributed by atoms with Gasteiger partial charge in [0.25, 0.3) is 17.0 Å². The lowest BCUT2D eigenvalue weighted by atomic mass is 9.98. The fourth-order valence-electron chi connectivity index (χ4n) is 6.15. The van der Waals surface area contributed by atoms with Crippen LogP contribution in [0, 0.1) is 0 Å². The smallest absolute Gasteiger partial charge is 0.274 e. The average Bonchev–Trinajstić information content (AvgIpc) is 3.14. The zero-order chi connectivity index (χ0) is 35.2. The van der Waals surface area contributed by atoms with Gasteiger partial charge in [0.1, 0.15) is 16.4 Å². The summed E-state index contributed by atoms with van der Waals surface area (Å²) >= 11 is 0. The van der Waals surface area contributed by atoms with E-state index in [2.05, 4.69) is 27.3 Å². The molecule has 0 aliphatic carbocycles. The summed E-state index contributed by atoms with van der Waals surface area (Å²) in [6.07, 6.45) is 5.05. The summed E-state index contributed by atoms with van der Waals surface area (Å²) in [5, 5.41) is 3.28. The Morgan fingerprint density at radius 2 is 1.54 bits per heavy atom. The number of nitrogens with one attached hydrogen (secondary N) is 2.